The Morgan fingerprint density at radius 3 is 1.25 bits per heavy atom. The number of hydrogen-bond acceptors (Lipinski definition) is 2. The first-order valence-electron chi connectivity index (χ1n) is 5.09. The van der Waals surface area contributed by atoms with Gasteiger partial charge in [-0.2, -0.15) is 0 Å². The molecule has 0 aliphatic carbocycles. The van der Waals surface area contributed by atoms with Crippen LogP contribution in [0.5, 0.6) is 0 Å². The standard InChI is InChI=1S/C8H20N2.C2H6.2H2/c1-7(2)9-5-6-10-8(3)4;1-2;;/h7-10H,5-6H2,1-4H3;1-2H3;2*1H. The summed E-state index contributed by atoms with van der Waals surface area (Å²) in [5.74, 6) is 0. The summed E-state index contributed by atoms with van der Waals surface area (Å²) >= 11 is 0. The Kier molecular flexibility index (Phi) is 13.1. The predicted molar refractivity (Wildman–Crippen MR) is 61.9 cm³/mol. The van der Waals surface area contributed by atoms with E-state index >= 15 is 0 Å². The smallest absolute Gasteiger partial charge is 0.00791 e. The van der Waals surface area contributed by atoms with Gasteiger partial charge >= 0.3 is 0 Å². The van der Waals surface area contributed by atoms with Crippen molar-refractivity contribution >= 4 is 0 Å². The zero-order chi connectivity index (χ0) is 9.98. The van der Waals surface area contributed by atoms with Crippen LogP contribution in [0.4, 0.5) is 0 Å². The van der Waals surface area contributed by atoms with Crippen molar-refractivity contribution in [2.45, 2.75) is 53.6 Å². The molecule has 0 aromatic rings. The van der Waals surface area contributed by atoms with Crippen LogP contribution >= 0.6 is 0 Å². The van der Waals surface area contributed by atoms with Gasteiger partial charge in [-0.3, -0.25) is 0 Å². The molecule has 0 spiro atoms. The van der Waals surface area contributed by atoms with Gasteiger partial charge in [0.15, 0.2) is 0 Å². The van der Waals surface area contributed by atoms with Crippen molar-refractivity contribution in [3.8, 4) is 0 Å². The Labute approximate surface area is 81.1 Å². The average molecular weight is 178 g/mol. The zero-order valence-corrected chi connectivity index (χ0v) is 9.57. The molecule has 0 aromatic heterocycles. The lowest BCUT2D eigenvalue weighted by Crippen LogP contribution is -2.34. The Morgan fingerprint density at radius 1 is 0.833 bits per heavy atom. The second-order valence-electron chi connectivity index (χ2n) is 3.22. The van der Waals surface area contributed by atoms with Gasteiger partial charge in [-0.15, -0.1) is 0 Å². The van der Waals surface area contributed by atoms with Gasteiger partial charge in [0.2, 0.25) is 0 Å². The van der Waals surface area contributed by atoms with E-state index in [0.29, 0.717) is 12.1 Å². The van der Waals surface area contributed by atoms with Gasteiger partial charge in [-0.1, -0.05) is 41.5 Å². The van der Waals surface area contributed by atoms with Crippen molar-refractivity contribution in [3.63, 3.8) is 0 Å². The normalized spacial score (nSPS) is 10.0. The molecule has 0 saturated carbocycles. The van der Waals surface area contributed by atoms with Crippen LogP contribution in [0.2, 0.25) is 0 Å². The summed E-state index contributed by atoms with van der Waals surface area (Å²) in [6, 6.07) is 1.21. The van der Waals surface area contributed by atoms with Crippen LogP contribution in [0.3, 0.4) is 0 Å². The third-order valence-electron chi connectivity index (χ3n) is 1.23. The molecule has 0 unspecified atom stereocenters. The monoisotopic (exact) mass is 178 g/mol. The van der Waals surface area contributed by atoms with Gasteiger partial charge in [0.1, 0.15) is 0 Å². The molecule has 80 valence electrons. The number of hydrogen-bond donors (Lipinski definition) is 2. The fourth-order valence-corrected chi connectivity index (χ4v) is 0.722. The summed E-state index contributed by atoms with van der Waals surface area (Å²) in [6.07, 6.45) is 0. The quantitative estimate of drug-likeness (QED) is 0.632. The van der Waals surface area contributed by atoms with Crippen LogP contribution in [0.15, 0.2) is 0 Å². The molecule has 0 saturated heterocycles. The predicted octanol–water partition coefficient (Wildman–Crippen LogP) is 2.50. The van der Waals surface area contributed by atoms with E-state index in [1.54, 1.807) is 0 Å². The average Bonchev–Trinajstić information content (AvgIpc) is 2.02. The number of rotatable bonds is 5. The lowest BCUT2D eigenvalue weighted by Gasteiger charge is -2.10. The minimum Gasteiger partial charge on any atom is -0.313 e. The minimum atomic E-state index is 0. The SMILES string of the molecule is CC.CC(C)NCCNC(C)C.[HH].[HH]. The largest absolute Gasteiger partial charge is 0.313 e. The van der Waals surface area contributed by atoms with E-state index < -0.39 is 0 Å². The highest BCUT2D eigenvalue weighted by molar-refractivity contribution is 4.57. The van der Waals surface area contributed by atoms with Crippen molar-refractivity contribution in [2.75, 3.05) is 13.1 Å². The van der Waals surface area contributed by atoms with Gasteiger partial charge in [0.25, 0.3) is 0 Å². The molecule has 0 heterocycles. The van der Waals surface area contributed by atoms with Gasteiger partial charge in [-0.05, 0) is 0 Å². The fourth-order valence-electron chi connectivity index (χ4n) is 0.722. The number of nitrogens with one attached hydrogen (secondary N) is 2. The first-order chi connectivity index (χ1) is 5.63. The van der Waals surface area contributed by atoms with Gasteiger partial charge in [0.05, 0.1) is 0 Å². The highest BCUT2D eigenvalue weighted by Gasteiger charge is 1.92. The molecule has 0 radical (unpaired) electrons. The van der Waals surface area contributed by atoms with Gasteiger partial charge in [-0.25, -0.2) is 0 Å². The molecule has 0 fully saturated rings. The summed E-state index contributed by atoms with van der Waals surface area (Å²) in [6.45, 7) is 14.8. The highest BCUT2D eigenvalue weighted by atomic mass is 15.0. The molecule has 0 rings (SSSR count). The summed E-state index contributed by atoms with van der Waals surface area (Å²) in [4.78, 5) is 0. The molecule has 12 heavy (non-hydrogen) atoms. The van der Waals surface area contributed by atoms with Crippen molar-refractivity contribution in [1.82, 2.24) is 10.6 Å². The molecule has 0 atom stereocenters. The summed E-state index contributed by atoms with van der Waals surface area (Å²) in [7, 11) is 0. The van der Waals surface area contributed by atoms with Crippen molar-refractivity contribution in [1.29, 1.82) is 0 Å². The molecule has 0 aliphatic heterocycles. The summed E-state index contributed by atoms with van der Waals surface area (Å²) < 4.78 is 0. The van der Waals surface area contributed by atoms with E-state index in [2.05, 4.69) is 38.3 Å². The first-order valence-corrected chi connectivity index (χ1v) is 5.09. The van der Waals surface area contributed by atoms with Gasteiger partial charge < -0.3 is 10.6 Å². The zero-order valence-electron chi connectivity index (χ0n) is 9.57. The molecule has 2 heteroatoms. The third-order valence-corrected chi connectivity index (χ3v) is 1.23. The lowest BCUT2D eigenvalue weighted by atomic mass is 10.3. The fraction of sp³-hybridized carbons (Fsp3) is 1.00. The van der Waals surface area contributed by atoms with Crippen molar-refractivity contribution in [3.05, 3.63) is 0 Å². The van der Waals surface area contributed by atoms with Gasteiger partial charge in [0, 0.05) is 28.0 Å². The van der Waals surface area contributed by atoms with Crippen molar-refractivity contribution < 1.29 is 2.85 Å². The van der Waals surface area contributed by atoms with E-state index in [9.17, 15) is 0 Å². The molecule has 0 aromatic carbocycles. The maximum atomic E-state index is 3.34. The molecule has 2 nitrogen and oxygen atoms in total. The Bertz CT molecular complexity index is 68.5. The van der Waals surface area contributed by atoms with Crippen LogP contribution in [-0.4, -0.2) is 25.2 Å². The first kappa shape index (κ1) is 14.4. The Morgan fingerprint density at radius 2 is 1.08 bits per heavy atom. The summed E-state index contributed by atoms with van der Waals surface area (Å²) in [5, 5.41) is 6.68. The van der Waals surface area contributed by atoms with Crippen LogP contribution < -0.4 is 10.6 Å². The van der Waals surface area contributed by atoms with E-state index in [1.165, 1.54) is 0 Å². The van der Waals surface area contributed by atoms with E-state index in [4.69, 9.17) is 0 Å². The molecular formula is C10H30N2. The Hall–Kier alpha value is -0.0800. The topological polar surface area (TPSA) is 24.1 Å². The molecule has 2 N–H and O–H groups in total. The Balaban J connectivity index is -0.000000117. The minimum absolute atomic E-state index is 0. The lowest BCUT2D eigenvalue weighted by molar-refractivity contribution is 0.525. The van der Waals surface area contributed by atoms with Crippen LogP contribution in [-0.2, 0) is 0 Å². The molecule has 0 aliphatic rings. The van der Waals surface area contributed by atoms with Crippen LogP contribution in [0.1, 0.15) is 44.4 Å². The van der Waals surface area contributed by atoms with Crippen molar-refractivity contribution in [2.24, 2.45) is 0 Å². The maximum Gasteiger partial charge on any atom is 0.00791 e. The van der Waals surface area contributed by atoms with Crippen LogP contribution in [0.25, 0.3) is 0 Å². The van der Waals surface area contributed by atoms with E-state index in [1.807, 2.05) is 13.8 Å². The van der Waals surface area contributed by atoms with E-state index in [-0.39, 0.29) is 2.85 Å². The molecule has 0 amide bonds. The van der Waals surface area contributed by atoms with E-state index in [0.717, 1.165) is 13.1 Å². The maximum absolute atomic E-state index is 3.34. The molecule has 0 bridgehead atoms. The van der Waals surface area contributed by atoms with Crippen LogP contribution in [0, 0.1) is 0 Å². The summed E-state index contributed by atoms with van der Waals surface area (Å²) in [5.41, 5.74) is 0. The molecular weight excluding hydrogens is 148 g/mol. The second kappa shape index (κ2) is 10.9. The second-order valence-corrected chi connectivity index (χ2v) is 3.22. The third kappa shape index (κ3) is 16.5. The highest BCUT2D eigenvalue weighted by Crippen LogP contribution is 1.76.